The van der Waals surface area contributed by atoms with Crippen molar-refractivity contribution in [2.45, 2.75) is 25.4 Å². The monoisotopic (exact) mass is 309 g/mol. The minimum atomic E-state index is -0.0420. The fourth-order valence-electron chi connectivity index (χ4n) is 3.75. The van der Waals surface area contributed by atoms with E-state index in [4.69, 9.17) is 0 Å². The second kappa shape index (κ2) is 5.66. The number of aromatic amines is 1. The van der Waals surface area contributed by atoms with E-state index in [1.165, 1.54) is 23.4 Å². The van der Waals surface area contributed by atoms with Crippen LogP contribution in [-0.4, -0.2) is 21.1 Å². The molecule has 2 aromatic heterocycles. The molecule has 2 N–H and O–H groups in total. The van der Waals surface area contributed by atoms with Crippen LogP contribution >= 0.6 is 0 Å². The van der Waals surface area contributed by atoms with Crippen LogP contribution in [0.5, 0.6) is 0 Å². The molecular formula is C18H21N4O+. The second-order valence-corrected chi connectivity index (χ2v) is 6.35. The molecule has 1 aliphatic heterocycles. The third-order valence-electron chi connectivity index (χ3n) is 4.88. The zero-order chi connectivity index (χ0) is 15.8. The van der Waals surface area contributed by atoms with E-state index in [9.17, 15) is 4.79 Å². The van der Waals surface area contributed by atoms with Gasteiger partial charge in [0.25, 0.3) is 5.56 Å². The maximum atomic E-state index is 12.2. The fourth-order valence-corrected chi connectivity index (χ4v) is 3.75. The Hall–Kier alpha value is -2.40. The molecule has 0 aliphatic carbocycles. The van der Waals surface area contributed by atoms with Crippen molar-refractivity contribution in [1.29, 1.82) is 0 Å². The predicted octanol–water partition coefficient (Wildman–Crippen LogP) is 1.18. The summed E-state index contributed by atoms with van der Waals surface area (Å²) in [5.41, 5.74) is 2.10. The minimum absolute atomic E-state index is 0.0420. The summed E-state index contributed by atoms with van der Waals surface area (Å²) >= 11 is 0. The number of rotatable bonds is 3. The largest absolute Gasteiger partial charge is 0.350 e. The van der Waals surface area contributed by atoms with Crippen molar-refractivity contribution in [2.24, 2.45) is 7.05 Å². The lowest BCUT2D eigenvalue weighted by Gasteiger charge is -2.21. The number of benzene rings is 1. The van der Waals surface area contributed by atoms with Gasteiger partial charge in [-0.15, -0.1) is 0 Å². The van der Waals surface area contributed by atoms with E-state index < -0.39 is 0 Å². The van der Waals surface area contributed by atoms with Gasteiger partial charge in [-0.05, 0) is 24.3 Å². The molecule has 3 heterocycles. The van der Waals surface area contributed by atoms with Crippen LogP contribution in [-0.2, 0) is 13.6 Å². The molecule has 0 saturated carbocycles. The first-order valence-electron chi connectivity index (χ1n) is 8.16. The van der Waals surface area contributed by atoms with E-state index in [2.05, 4.69) is 39.9 Å². The average molecular weight is 309 g/mol. The summed E-state index contributed by atoms with van der Waals surface area (Å²) in [6.45, 7) is 1.88. The molecule has 3 aromatic rings. The number of para-hydroxylation sites is 1. The molecule has 1 unspecified atom stereocenters. The Labute approximate surface area is 134 Å². The van der Waals surface area contributed by atoms with Gasteiger partial charge in [0.1, 0.15) is 12.6 Å². The Morgan fingerprint density at radius 2 is 2.17 bits per heavy atom. The van der Waals surface area contributed by atoms with Gasteiger partial charge < -0.3 is 14.5 Å². The van der Waals surface area contributed by atoms with Gasteiger partial charge in [-0.2, -0.15) is 0 Å². The van der Waals surface area contributed by atoms with Crippen LogP contribution in [0.2, 0.25) is 0 Å². The number of quaternary nitrogens is 1. The highest BCUT2D eigenvalue weighted by Crippen LogP contribution is 2.19. The first kappa shape index (κ1) is 14.2. The van der Waals surface area contributed by atoms with Crippen LogP contribution in [0.1, 0.15) is 30.4 Å². The summed E-state index contributed by atoms with van der Waals surface area (Å²) in [5, 5.41) is 0.659. The van der Waals surface area contributed by atoms with Crippen molar-refractivity contribution < 1.29 is 4.90 Å². The fraction of sp³-hybridized carbons (Fsp3) is 0.333. The van der Waals surface area contributed by atoms with Gasteiger partial charge in [0, 0.05) is 26.1 Å². The quantitative estimate of drug-likeness (QED) is 0.763. The Balaban J connectivity index is 1.65. The van der Waals surface area contributed by atoms with Crippen LogP contribution in [0, 0.1) is 0 Å². The maximum Gasteiger partial charge on any atom is 0.258 e. The number of aromatic nitrogens is 3. The molecule has 2 atom stereocenters. The van der Waals surface area contributed by atoms with Crippen LogP contribution in [0.15, 0.2) is 47.4 Å². The predicted molar refractivity (Wildman–Crippen MR) is 89.3 cm³/mol. The van der Waals surface area contributed by atoms with Crippen molar-refractivity contribution in [2.75, 3.05) is 6.54 Å². The number of nitrogens with zero attached hydrogens (tertiary/aromatic N) is 2. The van der Waals surface area contributed by atoms with E-state index in [1.54, 1.807) is 0 Å². The van der Waals surface area contributed by atoms with Crippen molar-refractivity contribution >= 4 is 10.9 Å². The molecule has 0 amide bonds. The van der Waals surface area contributed by atoms with Crippen LogP contribution in [0.4, 0.5) is 0 Å². The molecule has 23 heavy (non-hydrogen) atoms. The standard InChI is InChI=1S/C18H20N4O/c1-21-10-4-8-15(21)16-9-5-11-22(16)12-17-19-14-7-3-2-6-13(14)18(23)20-17/h2-4,6-8,10,16H,5,9,11-12H2,1H3,(H,19,20,23)/p+1/t16-/m0/s1. The smallest absolute Gasteiger partial charge is 0.258 e. The lowest BCUT2D eigenvalue weighted by molar-refractivity contribution is -0.933. The Morgan fingerprint density at radius 1 is 1.30 bits per heavy atom. The van der Waals surface area contributed by atoms with Crippen LogP contribution in [0.25, 0.3) is 10.9 Å². The highest BCUT2D eigenvalue weighted by molar-refractivity contribution is 5.77. The van der Waals surface area contributed by atoms with Gasteiger partial charge in [-0.3, -0.25) is 4.79 Å². The van der Waals surface area contributed by atoms with Crippen molar-refractivity contribution in [3.05, 3.63) is 64.5 Å². The number of fused-ring (bicyclic) bond motifs is 1. The molecule has 118 valence electrons. The maximum absolute atomic E-state index is 12.2. The first-order chi connectivity index (χ1) is 11.2. The molecule has 5 heteroatoms. The zero-order valence-corrected chi connectivity index (χ0v) is 13.2. The molecule has 0 radical (unpaired) electrons. The molecule has 1 saturated heterocycles. The summed E-state index contributed by atoms with van der Waals surface area (Å²) in [5.74, 6) is 0.782. The topological polar surface area (TPSA) is 55.1 Å². The summed E-state index contributed by atoms with van der Waals surface area (Å²) in [4.78, 5) is 21.3. The number of H-pyrrole nitrogens is 1. The van der Waals surface area contributed by atoms with Gasteiger partial charge >= 0.3 is 0 Å². The molecular weight excluding hydrogens is 288 g/mol. The highest BCUT2D eigenvalue weighted by Gasteiger charge is 2.32. The number of likely N-dealkylation sites (tertiary alicyclic amines) is 1. The molecule has 0 spiro atoms. The summed E-state index contributed by atoms with van der Waals surface area (Å²) in [6.07, 6.45) is 4.50. The molecule has 1 aromatic carbocycles. The van der Waals surface area contributed by atoms with Gasteiger partial charge in [-0.1, -0.05) is 12.1 Å². The minimum Gasteiger partial charge on any atom is -0.350 e. The Morgan fingerprint density at radius 3 is 3.00 bits per heavy atom. The first-order valence-corrected chi connectivity index (χ1v) is 8.16. The van der Waals surface area contributed by atoms with Gasteiger partial charge in [-0.25, -0.2) is 4.98 Å². The Kier molecular flexibility index (Phi) is 3.50. The number of hydrogen-bond donors (Lipinski definition) is 2. The summed E-state index contributed by atoms with van der Waals surface area (Å²) < 4.78 is 2.20. The van der Waals surface area contributed by atoms with E-state index in [0.717, 1.165) is 24.4 Å². The van der Waals surface area contributed by atoms with E-state index in [0.29, 0.717) is 11.4 Å². The molecule has 1 aliphatic rings. The molecule has 5 nitrogen and oxygen atoms in total. The SMILES string of the molecule is Cn1cccc1[C@@H]1CCC[NH+]1Cc1nc2ccccc2c(=O)[nH]1. The lowest BCUT2D eigenvalue weighted by Crippen LogP contribution is -3.09. The van der Waals surface area contributed by atoms with E-state index >= 15 is 0 Å². The number of hydrogen-bond acceptors (Lipinski definition) is 2. The second-order valence-electron chi connectivity index (χ2n) is 6.35. The Bertz CT molecular complexity index is 895. The lowest BCUT2D eigenvalue weighted by atomic mass is 10.1. The highest BCUT2D eigenvalue weighted by atomic mass is 16.1. The summed E-state index contributed by atoms with van der Waals surface area (Å²) in [7, 11) is 2.10. The third kappa shape index (κ3) is 2.57. The van der Waals surface area contributed by atoms with Gasteiger partial charge in [0.2, 0.25) is 0 Å². The van der Waals surface area contributed by atoms with E-state index in [1.807, 2.05) is 24.3 Å². The normalized spacial score (nSPS) is 21.1. The zero-order valence-electron chi connectivity index (χ0n) is 13.2. The van der Waals surface area contributed by atoms with Gasteiger partial charge in [0.05, 0.1) is 23.1 Å². The number of nitrogens with one attached hydrogen (secondary N) is 2. The van der Waals surface area contributed by atoms with Gasteiger partial charge in [0.15, 0.2) is 5.82 Å². The summed E-state index contributed by atoms with van der Waals surface area (Å²) in [6, 6.07) is 12.3. The van der Waals surface area contributed by atoms with Crippen molar-refractivity contribution in [3.8, 4) is 0 Å². The van der Waals surface area contributed by atoms with Crippen LogP contribution in [0.3, 0.4) is 0 Å². The molecule has 1 fully saturated rings. The third-order valence-corrected chi connectivity index (χ3v) is 4.88. The van der Waals surface area contributed by atoms with Crippen LogP contribution < -0.4 is 10.5 Å². The van der Waals surface area contributed by atoms with E-state index in [-0.39, 0.29) is 5.56 Å². The average Bonchev–Trinajstić information content (AvgIpc) is 3.16. The molecule has 4 rings (SSSR count). The van der Waals surface area contributed by atoms with Crippen molar-refractivity contribution in [3.63, 3.8) is 0 Å². The van der Waals surface area contributed by atoms with Crippen molar-refractivity contribution in [1.82, 2.24) is 14.5 Å². The molecule has 0 bridgehead atoms. The number of aryl methyl sites for hydroxylation is 1.